The summed E-state index contributed by atoms with van der Waals surface area (Å²) in [5.74, 6) is 3.19. The zero-order chi connectivity index (χ0) is 8.13. The molecular weight excluding hydrogens is 146 g/mol. The lowest BCUT2D eigenvalue weighted by Crippen LogP contribution is -2.29. The minimum atomic E-state index is 0.998. The highest BCUT2D eigenvalue weighted by Gasteiger charge is 2.48. The van der Waals surface area contributed by atoms with Crippen LogP contribution in [-0.2, 0) is 0 Å². The quantitative estimate of drug-likeness (QED) is 0.531. The van der Waals surface area contributed by atoms with E-state index in [2.05, 4.69) is 11.8 Å². The Morgan fingerprint density at radius 1 is 1.17 bits per heavy atom. The number of hydrogen-bond acceptors (Lipinski definition) is 1. The van der Waals surface area contributed by atoms with Crippen LogP contribution in [0.25, 0.3) is 0 Å². The van der Waals surface area contributed by atoms with Crippen molar-refractivity contribution in [2.75, 3.05) is 13.1 Å². The van der Waals surface area contributed by atoms with E-state index in [1.165, 1.54) is 38.8 Å². The van der Waals surface area contributed by atoms with E-state index in [0.717, 1.165) is 23.8 Å². The van der Waals surface area contributed by atoms with Crippen LogP contribution in [0.4, 0.5) is 0 Å². The van der Waals surface area contributed by atoms with Crippen molar-refractivity contribution in [3.05, 3.63) is 0 Å². The molecule has 3 rings (SSSR count). The SMILES string of the molecule is CC1CCN2CC3CCCC3C12. The predicted octanol–water partition coefficient (Wildman–Crippen LogP) is 2.13. The molecule has 0 N–H and O–H groups in total. The van der Waals surface area contributed by atoms with Gasteiger partial charge in [0, 0.05) is 12.6 Å². The number of hydrogen-bond donors (Lipinski definition) is 0. The predicted molar refractivity (Wildman–Crippen MR) is 50.0 cm³/mol. The zero-order valence-electron chi connectivity index (χ0n) is 8.00. The average Bonchev–Trinajstić information content (AvgIpc) is 2.61. The van der Waals surface area contributed by atoms with Gasteiger partial charge in [-0.1, -0.05) is 13.3 Å². The van der Waals surface area contributed by atoms with Crippen molar-refractivity contribution < 1.29 is 0 Å². The fourth-order valence-corrected chi connectivity index (χ4v) is 4.00. The first-order chi connectivity index (χ1) is 5.86. The lowest BCUT2D eigenvalue weighted by Gasteiger charge is -2.22. The normalized spacial score (nSPS) is 52.8. The van der Waals surface area contributed by atoms with Gasteiger partial charge in [-0.2, -0.15) is 0 Å². The van der Waals surface area contributed by atoms with Gasteiger partial charge in [0.05, 0.1) is 0 Å². The van der Waals surface area contributed by atoms with E-state index in [4.69, 9.17) is 0 Å². The topological polar surface area (TPSA) is 3.24 Å². The molecule has 0 aromatic heterocycles. The molecule has 3 fully saturated rings. The van der Waals surface area contributed by atoms with Crippen LogP contribution in [0, 0.1) is 17.8 Å². The van der Waals surface area contributed by atoms with Gasteiger partial charge in [-0.05, 0) is 43.6 Å². The maximum atomic E-state index is 2.78. The number of rotatable bonds is 0. The minimum absolute atomic E-state index is 0.998. The molecule has 0 amide bonds. The van der Waals surface area contributed by atoms with Crippen molar-refractivity contribution in [2.24, 2.45) is 17.8 Å². The Balaban J connectivity index is 1.85. The molecule has 68 valence electrons. The second kappa shape index (κ2) is 2.47. The highest BCUT2D eigenvalue weighted by Crippen LogP contribution is 2.47. The van der Waals surface area contributed by atoms with E-state index in [1.54, 1.807) is 0 Å². The second-order valence-electron chi connectivity index (χ2n) is 5.11. The monoisotopic (exact) mass is 165 g/mol. The summed E-state index contributed by atoms with van der Waals surface area (Å²) in [7, 11) is 0. The Hall–Kier alpha value is -0.0400. The van der Waals surface area contributed by atoms with Crippen molar-refractivity contribution in [1.82, 2.24) is 4.90 Å². The highest BCUT2D eigenvalue weighted by atomic mass is 15.2. The van der Waals surface area contributed by atoms with Crippen molar-refractivity contribution in [2.45, 2.75) is 38.6 Å². The lowest BCUT2D eigenvalue weighted by molar-refractivity contribution is 0.252. The van der Waals surface area contributed by atoms with Gasteiger partial charge in [0.1, 0.15) is 0 Å². The maximum absolute atomic E-state index is 2.78. The molecule has 2 heterocycles. The van der Waals surface area contributed by atoms with Gasteiger partial charge >= 0.3 is 0 Å². The molecule has 0 spiro atoms. The fraction of sp³-hybridized carbons (Fsp3) is 1.00. The molecule has 0 radical (unpaired) electrons. The molecule has 4 atom stereocenters. The van der Waals surface area contributed by atoms with Crippen LogP contribution in [0.3, 0.4) is 0 Å². The van der Waals surface area contributed by atoms with E-state index in [9.17, 15) is 0 Å². The van der Waals surface area contributed by atoms with Crippen LogP contribution in [0.5, 0.6) is 0 Å². The molecular formula is C11H19N. The van der Waals surface area contributed by atoms with Crippen LogP contribution >= 0.6 is 0 Å². The van der Waals surface area contributed by atoms with Gasteiger partial charge in [-0.15, -0.1) is 0 Å². The van der Waals surface area contributed by atoms with Crippen LogP contribution in [0.2, 0.25) is 0 Å². The molecule has 2 aliphatic heterocycles. The van der Waals surface area contributed by atoms with E-state index in [-0.39, 0.29) is 0 Å². The Bertz CT molecular complexity index is 189. The van der Waals surface area contributed by atoms with Gasteiger partial charge in [-0.3, -0.25) is 4.90 Å². The summed E-state index contributed by atoms with van der Waals surface area (Å²) in [4.78, 5) is 2.78. The summed E-state index contributed by atoms with van der Waals surface area (Å²) in [5.41, 5.74) is 0. The largest absolute Gasteiger partial charge is 0.300 e. The van der Waals surface area contributed by atoms with E-state index in [0.29, 0.717) is 0 Å². The Morgan fingerprint density at radius 2 is 2.08 bits per heavy atom. The Morgan fingerprint density at radius 3 is 3.00 bits per heavy atom. The smallest absolute Gasteiger partial charge is 0.0153 e. The van der Waals surface area contributed by atoms with Crippen molar-refractivity contribution in [1.29, 1.82) is 0 Å². The van der Waals surface area contributed by atoms with E-state index in [1.807, 2.05) is 0 Å². The standard InChI is InChI=1S/C11H19N/c1-8-5-6-12-7-9-3-2-4-10(9)11(8)12/h8-11H,2-7H2,1H3. The lowest BCUT2D eigenvalue weighted by atomic mass is 9.87. The molecule has 1 heteroatoms. The number of fused-ring (bicyclic) bond motifs is 3. The zero-order valence-corrected chi connectivity index (χ0v) is 8.00. The van der Waals surface area contributed by atoms with E-state index < -0.39 is 0 Å². The summed E-state index contributed by atoms with van der Waals surface area (Å²) in [6.07, 6.45) is 6.06. The molecule has 4 unspecified atom stereocenters. The number of nitrogens with zero attached hydrogens (tertiary/aromatic N) is 1. The van der Waals surface area contributed by atoms with Gasteiger partial charge in [0.2, 0.25) is 0 Å². The molecule has 1 nitrogen and oxygen atoms in total. The van der Waals surface area contributed by atoms with Crippen LogP contribution in [-0.4, -0.2) is 24.0 Å². The van der Waals surface area contributed by atoms with Crippen molar-refractivity contribution >= 4 is 0 Å². The summed E-state index contributed by atoms with van der Waals surface area (Å²) in [5, 5.41) is 0. The highest BCUT2D eigenvalue weighted by molar-refractivity contribution is 5.01. The first-order valence-electron chi connectivity index (χ1n) is 5.60. The summed E-state index contributed by atoms with van der Waals surface area (Å²) < 4.78 is 0. The summed E-state index contributed by atoms with van der Waals surface area (Å²) in [6.45, 7) is 5.31. The van der Waals surface area contributed by atoms with Gasteiger partial charge in [0.15, 0.2) is 0 Å². The molecule has 3 aliphatic rings. The molecule has 2 saturated heterocycles. The van der Waals surface area contributed by atoms with Crippen molar-refractivity contribution in [3.8, 4) is 0 Å². The first-order valence-corrected chi connectivity index (χ1v) is 5.60. The van der Waals surface area contributed by atoms with Crippen LogP contribution in [0.15, 0.2) is 0 Å². The van der Waals surface area contributed by atoms with Gasteiger partial charge in [0.25, 0.3) is 0 Å². The Labute approximate surface area is 75.1 Å². The third-order valence-corrected chi connectivity index (χ3v) is 4.50. The second-order valence-corrected chi connectivity index (χ2v) is 5.11. The molecule has 12 heavy (non-hydrogen) atoms. The molecule has 0 aromatic carbocycles. The Kier molecular flexibility index (Phi) is 1.52. The molecule has 0 bridgehead atoms. The van der Waals surface area contributed by atoms with Gasteiger partial charge < -0.3 is 0 Å². The van der Waals surface area contributed by atoms with E-state index >= 15 is 0 Å². The van der Waals surface area contributed by atoms with Gasteiger partial charge in [-0.25, -0.2) is 0 Å². The molecule has 0 aromatic rings. The average molecular weight is 165 g/mol. The maximum Gasteiger partial charge on any atom is 0.0153 e. The van der Waals surface area contributed by atoms with Crippen molar-refractivity contribution in [3.63, 3.8) is 0 Å². The third-order valence-electron chi connectivity index (χ3n) is 4.50. The minimum Gasteiger partial charge on any atom is -0.300 e. The molecule has 1 saturated carbocycles. The summed E-state index contributed by atoms with van der Waals surface area (Å²) in [6, 6.07) is 0.998. The first kappa shape index (κ1) is 7.37. The van der Waals surface area contributed by atoms with Crippen LogP contribution in [0.1, 0.15) is 32.6 Å². The summed E-state index contributed by atoms with van der Waals surface area (Å²) >= 11 is 0. The molecule has 1 aliphatic carbocycles. The third kappa shape index (κ3) is 0.834. The fourth-order valence-electron chi connectivity index (χ4n) is 4.00. The van der Waals surface area contributed by atoms with Crippen LogP contribution < -0.4 is 0 Å².